The van der Waals surface area contributed by atoms with Crippen LogP contribution in [-0.4, -0.2) is 47.2 Å². The van der Waals surface area contributed by atoms with Gasteiger partial charge < -0.3 is 15.4 Å². The number of ether oxygens (including phenoxy) is 1. The molecule has 1 aliphatic rings. The van der Waals surface area contributed by atoms with Crippen molar-refractivity contribution in [3.8, 4) is 0 Å². The molecule has 0 spiro atoms. The maximum absolute atomic E-state index is 12.1. The third-order valence-electron chi connectivity index (χ3n) is 3.74. The van der Waals surface area contributed by atoms with E-state index in [4.69, 9.17) is 4.74 Å². The second-order valence-electron chi connectivity index (χ2n) is 5.50. The summed E-state index contributed by atoms with van der Waals surface area (Å²) in [6.45, 7) is 3.77. The van der Waals surface area contributed by atoms with Crippen LogP contribution in [-0.2, 0) is 19.6 Å². The molecule has 1 amide bonds. The first-order valence-electron chi connectivity index (χ1n) is 7.56. The molecule has 1 aromatic carbocycles. The van der Waals surface area contributed by atoms with E-state index in [1.54, 1.807) is 18.2 Å². The van der Waals surface area contributed by atoms with Crippen molar-refractivity contribution in [3.05, 3.63) is 29.8 Å². The number of benzene rings is 1. The minimum Gasteiger partial charge on any atom is -0.378 e. The zero-order chi connectivity index (χ0) is 16.9. The van der Waals surface area contributed by atoms with Gasteiger partial charge in [-0.05, 0) is 31.7 Å². The minimum absolute atomic E-state index is 0.0203. The fourth-order valence-electron chi connectivity index (χ4n) is 2.43. The lowest BCUT2D eigenvalue weighted by atomic mass is 10.1. The Kier molecular flexibility index (Phi) is 6.11. The van der Waals surface area contributed by atoms with Crippen molar-refractivity contribution in [1.29, 1.82) is 0 Å². The minimum atomic E-state index is -3.49. The van der Waals surface area contributed by atoms with E-state index in [0.29, 0.717) is 19.6 Å². The lowest BCUT2D eigenvalue weighted by Crippen LogP contribution is -2.44. The van der Waals surface area contributed by atoms with Gasteiger partial charge in [-0.25, -0.2) is 13.1 Å². The summed E-state index contributed by atoms with van der Waals surface area (Å²) in [5.74, 6) is -0.0950. The van der Waals surface area contributed by atoms with E-state index in [0.717, 1.165) is 12.1 Å². The van der Waals surface area contributed by atoms with Gasteiger partial charge >= 0.3 is 0 Å². The summed E-state index contributed by atoms with van der Waals surface area (Å²) in [5, 5.41) is 6.12. The van der Waals surface area contributed by atoms with E-state index in [2.05, 4.69) is 15.4 Å². The molecular formula is C15H23N3O4S. The molecule has 128 valence electrons. The first-order valence-corrected chi connectivity index (χ1v) is 9.04. The smallest absolute Gasteiger partial charge is 0.240 e. The van der Waals surface area contributed by atoms with Gasteiger partial charge in [0.2, 0.25) is 15.9 Å². The molecule has 0 radical (unpaired) electrons. The average Bonchev–Trinajstić information content (AvgIpc) is 2.55. The van der Waals surface area contributed by atoms with Crippen LogP contribution in [0.25, 0.3) is 0 Å². The molecule has 7 nitrogen and oxygen atoms in total. The molecule has 3 N–H and O–H groups in total. The Labute approximate surface area is 136 Å². The molecule has 2 rings (SSSR count). The maximum atomic E-state index is 12.1. The lowest BCUT2D eigenvalue weighted by molar-refractivity contribution is -0.122. The van der Waals surface area contributed by atoms with Crippen molar-refractivity contribution < 1.29 is 17.9 Å². The Morgan fingerprint density at radius 2 is 2.26 bits per heavy atom. The van der Waals surface area contributed by atoms with Gasteiger partial charge in [0.15, 0.2) is 0 Å². The lowest BCUT2D eigenvalue weighted by Gasteiger charge is -2.24. The highest BCUT2D eigenvalue weighted by Gasteiger charge is 2.19. The first kappa shape index (κ1) is 17.9. The summed E-state index contributed by atoms with van der Waals surface area (Å²) in [6, 6.07) is 6.29. The van der Waals surface area contributed by atoms with E-state index < -0.39 is 10.0 Å². The number of carbonyl (C=O) groups is 1. The third kappa shape index (κ3) is 5.00. The topological polar surface area (TPSA) is 96.5 Å². The molecule has 1 fully saturated rings. The van der Waals surface area contributed by atoms with Gasteiger partial charge in [-0.1, -0.05) is 12.1 Å². The Balaban J connectivity index is 1.98. The second kappa shape index (κ2) is 7.87. The van der Waals surface area contributed by atoms with Crippen molar-refractivity contribution in [3.63, 3.8) is 0 Å². The summed E-state index contributed by atoms with van der Waals surface area (Å²) in [6.07, 6.45) is 0.332. The molecule has 1 aromatic rings. The molecule has 23 heavy (non-hydrogen) atoms. The number of carbonyl (C=O) groups excluding carboxylic acids is 1. The van der Waals surface area contributed by atoms with Crippen molar-refractivity contribution >= 4 is 15.9 Å². The number of hydrogen-bond acceptors (Lipinski definition) is 5. The third-order valence-corrected chi connectivity index (χ3v) is 5.16. The molecule has 2 unspecified atom stereocenters. The highest BCUT2D eigenvalue weighted by Crippen LogP contribution is 2.17. The maximum Gasteiger partial charge on any atom is 0.240 e. The fraction of sp³-hybridized carbons (Fsp3) is 0.533. The molecule has 0 aromatic heterocycles. The molecule has 1 saturated heterocycles. The summed E-state index contributed by atoms with van der Waals surface area (Å²) < 4.78 is 31.3. The van der Waals surface area contributed by atoms with Crippen molar-refractivity contribution in [1.82, 2.24) is 15.4 Å². The Hall–Kier alpha value is -1.48. The van der Waals surface area contributed by atoms with Gasteiger partial charge in [0.25, 0.3) is 0 Å². The quantitative estimate of drug-likeness (QED) is 0.684. The normalized spacial score (nSPS) is 20.0. The number of amides is 1. The standard InChI is InChI=1S/C15H23N3O4S/c1-11(18-15(19)9-13-10-22-7-6-17-13)12-4-3-5-14(8-12)23(20,21)16-2/h3-5,8,11,13,16-17H,6-7,9-10H2,1-2H3,(H,18,19). The van der Waals surface area contributed by atoms with E-state index in [9.17, 15) is 13.2 Å². The Morgan fingerprint density at radius 3 is 2.91 bits per heavy atom. The van der Waals surface area contributed by atoms with Crippen molar-refractivity contribution in [2.45, 2.75) is 30.3 Å². The van der Waals surface area contributed by atoms with Crippen molar-refractivity contribution in [2.24, 2.45) is 0 Å². The number of nitrogens with one attached hydrogen (secondary N) is 3. The molecule has 2 atom stereocenters. The van der Waals surface area contributed by atoms with Crippen LogP contribution < -0.4 is 15.4 Å². The van der Waals surface area contributed by atoms with Gasteiger partial charge in [-0.2, -0.15) is 0 Å². The average molecular weight is 341 g/mol. The fourth-order valence-corrected chi connectivity index (χ4v) is 3.21. The van der Waals surface area contributed by atoms with Gasteiger partial charge in [-0.3, -0.25) is 4.79 Å². The summed E-state index contributed by atoms with van der Waals surface area (Å²) in [5.41, 5.74) is 0.738. The van der Waals surface area contributed by atoms with Crippen LogP contribution in [0.15, 0.2) is 29.2 Å². The molecule has 0 aliphatic carbocycles. The number of morpholine rings is 1. The molecule has 0 saturated carbocycles. The Morgan fingerprint density at radius 1 is 1.48 bits per heavy atom. The molecule has 1 heterocycles. The van der Waals surface area contributed by atoms with Crippen molar-refractivity contribution in [2.75, 3.05) is 26.8 Å². The molecular weight excluding hydrogens is 318 g/mol. The second-order valence-corrected chi connectivity index (χ2v) is 7.39. The van der Waals surface area contributed by atoms with Crippen LogP contribution in [0.4, 0.5) is 0 Å². The monoisotopic (exact) mass is 341 g/mol. The zero-order valence-corrected chi connectivity index (χ0v) is 14.2. The van der Waals surface area contributed by atoms with Crippen LogP contribution in [0.2, 0.25) is 0 Å². The van der Waals surface area contributed by atoms with Crippen LogP contribution in [0.5, 0.6) is 0 Å². The van der Waals surface area contributed by atoms with E-state index in [1.165, 1.54) is 13.1 Å². The molecule has 0 bridgehead atoms. The first-order chi connectivity index (χ1) is 10.9. The van der Waals surface area contributed by atoms with E-state index >= 15 is 0 Å². The van der Waals surface area contributed by atoms with Crippen LogP contribution in [0, 0.1) is 0 Å². The summed E-state index contributed by atoms with van der Waals surface area (Å²) in [7, 11) is -2.13. The number of sulfonamides is 1. The molecule has 8 heteroatoms. The van der Waals surface area contributed by atoms with Gasteiger partial charge in [0.1, 0.15) is 0 Å². The van der Waals surface area contributed by atoms with Gasteiger partial charge in [0.05, 0.1) is 24.2 Å². The van der Waals surface area contributed by atoms with Crippen LogP contribution in [0.1, 0.15) is 24.9 Å². The predicted molar refractivity (Wildman–Crippen MR) is 86.5 cm³/mol. The highest BCUT2D eigenvalue weighted by molar-refractivity contribution is 7.89. The van der Waals surface area contributed by atoms with E-state index in [-0.39, 0.29) is 22.9 Å². The molecule has 1 aliphatic heterocycles. The summed E-state index contributed by atoms with van der Waals surface area (Å²) >= 11 is 0. The highest BCUT2D eigenvalue weighted by atomic mass is 32.2. The van der Waals surface area contributed by atoms with Gasteiger partial charge in [-0.15, -0.1) is 0 Å². The summed E-state index contributed by atoms with van der Waals surface area (Å²) in [4.78, 5) is 12.3. The number of hydrogen-bond donors (Lipinski definition) is 3. The zero-order valence-electron chi connectivity index (χ0n) is 13.3. The van der Waals surface area contributed by atoms with Crippen LogP contribution >= 0.6 is 0 Å². The van der Waals surface area contributed by atoms with Crippen LogP contribution in [0.3, 0.4) is 0 Å². The van der Waals surface area contributed by atoms with E-state index in [1.807, 2.05) is 6.92 Å². The largest absolute Gasteiger partial charge is 0.378 e. The number of rotatable bonds is 6. The predicted octanol–water partition coefficient (Wildman–Crippen LogP) is 0.150. The SMILES string of the molecule is CNS(=O)(=O)c1cccc(C(C)NC(=O)CC2COCCN2)c1. The van der Waals surface area contributed by atoms with Gasteiger partial charge in [0, 0.05) is 19.0 Å². The Bertz CT molecular complexity index is 642.